The van der Waals surface area contributed by atoms with E-state index in [1.54, 1.807) is 0 Å². The number of nitrogens with two attached hydrogens (primary N) is 1. The molecular formula is C16H22N2O2. The van der Waals surface area contributed by atoms with Crippen molar-refractivity contribution in [3.8, 4) is 11.8 Å². The second-order valence-electron chi connectivity index (χ2n) is 4.78. The zero-order chi connectivity index (χ0) is 15.0. The van der Waals surface area contributed by atoms with Gasteiger partial charge in [-0.25, -0.2) is 0 Å². The maximum Gasteiger partial charge on any atom is 0.246 e. The summed E-state index contributed by atoms with van der Waals surface area (Å²) < 4.78 is 5.26. The Morgan fingerprint density at radius 1 is 1.30 bits per heavy atom. The predicted octanol–water partition coefficient (Wildman–Crippen LogP) is 1.60. The van der Waals surface area contributed by atoms with E-state index in [1.165, 1.54) is 0 Å². The molecule has 0 aromatic heterocycles. The summed E-state index contributed by atoms with van der Waals surface area (Å²) >= 11 is 0. The molecule has 0 heterocycles. The Kier molecular flexibility index (Phi) is 6.78. The standard InChI is InChI=1S/C16H22N2O2/c1-12(2)20-11-16(19)18-13(3)15-8-6-14(7-9-15)5-4-10-17/h6-9,12-13H,10-11,17H2,1-3H3,(H,18,19). The van der Waals surface area contributed by atoms with Gasteiger partial charge in [0.1, 0.15) is 6.61 Å². The number of hydrogen-bond acceptors (Lipinski definition) is 3. The minimum atomic E-state index is -0.113. The second kappa shape index (κ2) is 8.36. The minimum absolute atomic E-state index is 0.0523. The molecule has 1 unspecified atom stereocenters. The summed E-state index contributed by atoms with van der Waals surface area (Å²) in [7, 11) is 0. The Bertz CT molecular complexity index is 483. The van der Waals surface area contributed by atoms with Crippen LogP contribution in [-0.4, -0.2) is 25.2 Å². The average Bonchev–Trinajstić information content (AvgIpc) is 2.43. The molecule has 0 bridgehead atoms. The van der Waals surface area contributed by atoms with E-state index < -0.39 is 0 Å². The van der Waals surface area contributed by atoms with Crippen LogP contribution in [0.4, 0.5) is 0 Å². The maximum atomic E-state index is 11.7. The van der Waals surface area contributed by atoms with Gasteiger partial charge >= 0.3 is 0 Å². The first-order valence-corrected chi connectivity index (χ1v) is 6.72. The number of carbonyl (C=O) groups excluding carboxylic acids is 1. The number of nitrogens with one attached hydrogen (secondary N) is 1. The molecule has 1 aromatic rings. The van der Waals surface area contributed by atoms with E-state index in [4.69, 9.17) is 10.5 Å². The first kappa shape index (κ1) is 16.2. The van der Waals surface area contributed by atoms with Crippen molar-refractivity contribution >= 4 is 5.91 Å². The van der Waals surface area contributed by atoms with Crippen LogP contribution in [0, 0.1) is 11.8 Å². The van der Waals surface area contributed by atoms with Crippen LogP contribution in [-0.2, 0) is 9.53 Å². The molecular weight excluding hydrogens is 252 g/mol. The van der Waals surface area contributed by atoms with Crippen molar-refractivity contribution < 1.29 is 9.53 Å². The lowest BCUT2D eigenvalue weighted by molar-refractivity contribution is -0.127. The third kappa shape index (κ3) is 5.87. The molecule has 4 heteroatoms. The minimum Gasteiger partial charge on any atom is -0.369 e. The van der Waals surface area contributed by atoms with Crippen molar-refractivity contribution in [3.63, 3.8) is 0 Å². The lowest BCUT2D eigenvalue weighted by Crippen LogP contribution is -2.31. The second-order valence-corrected chi connectivity index (χ2v) is 4.78. The molecule has 0 fully saturated rings. The number of carbonyl (C=O) groups is 1. The Balaban J connectivity index is 2.55. The summed E-state index contributed by atoms with van der Waals surface area (Å²) in [6, 6.07) is 7.69. The van der Waals surface area contributed by atoms with E-state index in [0.717, 1.165) is 11.1 Å². The molecule has 1 amide bonds. The van der Waals surface area contributed by atoms with Gasteiger partial charge in [-0.05, 0) is 38.5 Å². The molecule has 0 aliphatic carbocycles. The predicted molar refractivity (Wildman–Crippen MR) is 80.0 cm³/mol. The van der Waals surface area contributed by atoms with Crippen LogP contribution in [0.5, 0.6) is 0 Å². The highest BCUT2D eigenvalue weighted by Crippen LogP contribution is 2.12. The monoisotopic (exact) mass is 274 g/mol. The molecule has 20 heavy (non-hydrogen) atoms. The molecule has 3 N–H and O–H groups in total. The molecule has 0 spiro atoms. The summed E-state index contributed by atoms with van der Waals surface area (Å²) in [6.07, 6.45) is 0.0523. The highest BCUT2D eigenvalue weighted by atomic mass is 16.5. The third-order valence-corrected chi connectivity index (χ3v) is 2.67. The number of benzene rings is 1. The van der Waals surface area contributed by atoms with E-state index in [0.29, 0.717) is 6.54 Å². The topological polar surface area (TPSA) is 64.3 Å². The summed E-state index contributed by atoms with van der Waals surface area (Å²) in [5.41, 5.74) is 7.27. The van der Waals surface area contributed by atoms with Crippen LogP contribution in [0.1, 0.15) is 37.9 Å². The summed E-state index contributed by atoms with van der Waals surface area (Å²) in [6.45, 7) is 6.18. The molecule has 0 aliphatic rings. The smallest absolute Gasteiger partial charge is 0.246 e. The van der Waals surface area contributed by atoms with Crippen molar-refractivity contribution in [2.45, 2.75) is 32.9 Å². The first-order valence-electron chi connectivity index (χ1n) is 6.72. The van der Waals surface area contributed by atoms with Gasteiger partial charge in [0.15, 0.2) is 0 Å². The van der Waals surface area contributed by atoms with Gasteiger partial charge in [-0.3, -0.25) is 4.79 Å². The molecule has 0 saturated heterocycles. The molecule has 1 rings (SSSR count). The highest BCUT2D eigenvalue weighted by Gasteiger charge is 2.10. The van der Waals surface area contributed by atoms with Gasteiger partial charge in [0.2, 0.25) is 5.91 Å². The third-order valence-electron chi connectivity index (χ3n) is 2.67. The fourth-order valence-corrected chi connectivity index (χ4v) is 1.62. The van der Waals surface area contributed by atoms with Crippen molar-refractivity contribution in [2.24, 2.45) is 5.73 Å². The van der Waals surface area contributed by atoms with Crippen molar-refractivity contribution in [2.75, 3.05) is 13.2 Å². The van der Waals surface area contributed by atoms with Gasteiger partial charge in [-0.2, -0.15) is 0 Å². The summed E-state index contributed by atoms with van der Waals surface area (Å²) in [4.78, 5) is 11.7. The molecule has 4 nitrogen and oxygen atoms in total. The maximum absolute atomic E-state index is 11.7. The zero-order valence-electron chi connectivity index (χ0n) is 12.3. The fraction of sp³-hybridized carbons (Fsp3) is 0.438. The molecule has 0 radical (unpaired) electrons. The zero-order valence-corrected chi connectivity index (χ0v) is 12.3. The van der Waals surface area contributed by atoms with E-state index in [-0.39, 0.29) is 24.7 Å². The highest BCUT2D eigenvalue weighted by molar-refractivity contribution is 5.77. The van der Waals surface area contributed by atoms with E-state index in [2.05, 4.69) is 17.2 Å². The Labute approximate surface area is 120 Å². The Morgan fingerprint density at radius 2 is 1.95 bits per heavy atom. The molecule has 1 aromatic carbocycles. The lowest BCUT2D eigenvalue weighted by Gasteiger charge is -2.15. The van der Waals surface area contributed by atoms with Gasteiger partial charge in [-0.15, -0.1) is 0 Å². The SMILES string of the molecule is CC(C)OCC(=O)NC(C)c1ccc(C#CCN)cc1. The van der Waals surface area contributed by atoms with Crippen LogP contribution in [0.15, 0.2) is 24.3 Å². The Morgan fingerprint density at radius 3 is 2.50 bits per heavy atom. The average molecular weight is 274 g/mol. The molecule has 0 saturated carbocycles. The van der Waals surface area contributed by atoms with Crippen molar-refractivity contribution in [1.29, 1.82) is 0 Å². The summed E-state index contributed by atoms with van der Waals surface area (Å²) in [5.74, 6) is 5.65. The van der Waals surface area contributed by atoms with Crippen molar-refractivity contribution in [1.82, 2.24) is 5.32 Å². The molecule has 108 valence electrons. The quantitative estimate of drug-likeness (QED) is 0.802. The van der Waals surface area contributed by atoms with Crippen LogP contribution in [0.25, 0.3) is 0 Å². The van der Waals surface area contributed by atoms with Gasteiger partial charge < -0.3 is 15.8 Å². The van der Waals surface area contributed by atoms with Gasteiger partial charge in [0.05, 0.1) is 18.7 Å². The van der Waals surface area contributed by atoms with Crippen LogP contribution in [0.3, 0.4) is 0 Å². The Hall–Kier alpha value is -1.83. The van der Waals surface area contributed by atoms with Crippen molar-refractivity contribution in [3.05, 3.63) is 35.4 Å². The number of hydrogen-bond donors (Lipinski definition) is 2. The van der Waals surface area contributed by atoms with Gasteiger partial charge in [-0.1, -0.05) is 24.0 Å². The number of rotatable bonds is 5. The molecule has 1 atom stereocenters. The van der Waals surface area contributed by atoms with E-state index >= 15 is 0 Å². The number of amides is 1. The summed E-state index contributed by atoms with van der Waals surface area (Å²) in [5, 5.41) is 2.89. The van der Waals surface area contributed by atoms with E-state index in [9.17, 15) is 4.79 Å². The fourth-order valence-electron chi connectivity index (χ4n) is 1.62. The lowest BCUT2D eigenvalue weighted by atomic mass is 10.1. The van der Waals surface area contributed by atoms with Crippen LogP contribution in [0.2, 0.25) is 0 Å². The largest absolute Gasteiger partial charge is 0.369 e. The van der Waals surface area contributed by atoms with Gasteiger partial charge in [0.25, 0.3) is 0 Å². The van der Waals surface area contributed by atoms with Crippen LogP contribution < -0.4 is 11.1 Å². The first-order chi connectivity index (χ1) is 9.52. The van der Waals surface area contributed by atoms with Gasteiger partial charge in [0, 0.05) is 5.56 Å². The normalized spacial score (nSPS) is 11.7. The van der Waals surface area contributed by atoms with Crippen LogP contribution >= 0.6 is 0 Å². The molecule has 0 aliphatic heterocycles. The van der Waals surface area contributed by atoms with E-state index in [1.807, 2.05) is 45.0 Å². The number of ether oxygens (including phenoxy) is 1.